The van der Waals surface area contributed by atoms with Crippen LogP contribution in [0.15, 0.2) is 18.2 Å². The highest BCUT2D eigenvalue weighted by Gasteiger charge is 2.25. The van der Waals surface area contributed by atoms with E-state index in [4.69, 9.17) is 4.74 Å². The van der Waals surface area contributed by atoms with E-state index in [0.717, 1.165) is 36.6 Å². The number of methoxy groups -OCH3 is 1. The third kappa shape index (κ3) is 2.08. The van der Waals surface area contributed by atoms with Crippen LogP contribution in [0.25, 0.3) is 0 Å². The monoisotopic (exact) mass is 220 g/mol. The molecule has 88 valence electrons. The minimum Gasteiger partial charge on any atom is -0.497 e. The molecule has 0 bridgehead atoms. The lowest BCUT2D eigenvalue weighted by Gasteiger charge is -2.26. The standard InChI is InChI=1S/C13H20N2O/c1-4-13(2)8-14-11-6-5-10(16-3)7-12(11)15-9-13/h5-7,14-15H,4,8-9H2,1-3H3. The van der Waals surface area contributed by atoms with Gasteiger partial charge in [0.25, 0.3) is 0 Å². The minimum atomic E-state index is 0.312. The Morgan fingerprint density at radius 1 is 1.25 bits per heavy atom. The number of rotatable bonds is 2. The molecular weight excluding hydrogens is 200 g/mol. The fourth-order valence-electron chi connectivity index (χ4n) is 1.88. The molecule has 0 saturated carbocycles. The second-order valence-electron chi connectivity index (χ2n) is 4.78. The zero-order valence-corrected chi connectivity index (χ0v) is 10.3. The molecule has 1 aliphatic rings. The van der Waals surface area contributed by atoms with Crippen molar-refractivity contribution in [1.29, 1.82) is 0 Å². The molecule has 1 heterocycles. The Hall–Kier alpha value is -1.38. The predicted molar refractivity (Wildman–Crippen MR) is 68.4 cm³/mol. The van der Waals surface area contributed by atoms with Crippen LogP contribution in [0.4, 0.5) is 11.4 Å². The summed E-state index contributed by atoms with van der Waals surface area (Å²) in [6.07, 6.45) is 1.16. The highest BCUT2D eigenvalue weighted by atomic mass is 16.5. The SMILES string of the molecule is CCC1(C)CNc2ccc(OC)cc2NC1. The Morgan fingerprint density at radius 2 is 1.94 bits per heavy atom. The number of nitrogens with one attached hydrogen (secondary N) is 2. The Bertz CT molecular complexity index is 378. The van der Waals surface area contributed by atoms with Crippen LogP contribution < -0.4 is 15.4 Å². The first-order valence-corrected chi connectivity index (χ1v) is 5.83. The second kappa shape index (κ2) is 4.24. The third-order valence-corrected chi connectivity index (χ3v) is 3.49. The summed E-state index contributed by atoms with van der Waals surface area (Å²) in [4.78, 5) is 0. The summed E-state index contributed by atoms with van der Waals surface area (Å²) in [5.74, 6) is 0.896. The quantitative estimate of drug-likeness (QED) is 0.804. The molecule has 1 unspecified atom stereocenters. The molecule has 0 saturated heterocycles. The van der Waals surface area contributed by atoms with Gasteiger partial charge in [-0.15, -0.1) is 0 Å². The van der Waals surface area contributed by atoms with Crippen LogP contribution in [-0.2, 0) is 0 Å². The number of ether oxygens (including phenoxy) is 1. The van der Waals surface area contributed by atoms with E-state index in [9.17, 15) is 0 Å². The normalized spacial score (nSPS) is 23.7. The summed E-state index contributed by atoms with van der Waals surface area (Å²) in [6.45, 7) is 6.54. The van der Waals surface area contributed by atoms with E-state index >= 15 is 0 Å². The maximum atomic E-state index is 5.23. The maximum absolute atomic E-state index is 5.23. The summed E-state index contributed by atoms with van der Waals surface area (Å²) in [5, 5.41) is 7.00. The predicted octanol–water partition coefficient (Wildman–Crippen LogP) is 2.95. The summed E-state index contributed by atoms with van der Waals surface area (Å²) >= 11 is 0. The molecule has 0 fully saturated rings. The fourth-order valence-corrected chi connectivity index (χ4v) is 1.88. The minimum absolute atomic E-state index is 0.312. The van der Waals surface area contributed by atoms with Crippen molar-refractivity contribution in [3.05, 3.63) is 18.2 Å². The summed E-state index contributed by atoms with van der Waals surface area (Å²) in [7, 11) is 1.70. The molecule has 1 aromatic rings. The van der Waals surface area contributed by atoms with Crippen LogP contribution in [0.1, 0.15) is 20.3 Å². The van der Waals surface area contributed by atoms with Crippen molar-refractivity contribution in [3.63, 3.8) is 0 Å². The molecule has 0 aromatic heterocycles. The zero-order valence-electron chi connectivity index (χ0n) is 10.3. The highest BCUT2D eigenvalue weighted by molar-refractivity contribution is 5.71. The largest absolute Gasteiger partial charge is 0.497 e. The summed E-state index contributed by atoms with van der Waals surface area (Å²) in [6, 6.07) is 6.11. The summed E-state index contributed by atoms with van der Waals surface area (Å²) in [5.41, 5.74) is 2.61. The van der Waals surface area contributed by atoms with Gasteiger partial charge in [-0.05, 0) is 18.6 Å². The maximum Gasteiger partial charge on any atom is 0.121 e. The van der Waals surface area contributed by atoms with E-state index in [1.165, 1.54) is 0 Å². The van der Waals surface area contributed by atoms with Crippen LogP contribution in [0.2, 0.25) is 0 Å². The molecule has 1 atom stereocenters. The molecule has 2 N–H and O–H groups in total. The highest BCUT2D eigenvalue weighted by Crippen LogP contribution is 2.33. The fraction of sp³-hybridized carbons (Fsp3) is 0.538. The van der Waals surface area contributed by atoms with E-state index in [1.807, 2.05) is 12.1 Å². The van der Waals surface area contributed by atoms with Crippen LogP contribution in [0.5, 0.6) is 5.75 Å². The molecule has 3 heteroatoms. The third-order valence-electron chi connectivity index (χ3n) is 3.49. The van der Waals surface area contributed by atoms with Crippen molar-refractivity contribution >= 4 is 11.4 Å². The van der Waals surface area contributed by atoms with E-state index in [2.05, 4.69) is 30.5 Å². The Balaban J connectivity index is 2.24. The molecular formula is C13H20N2O. The van der Waals surface area contributed by atoms with Gasteiger partial charge in [0, 0.05) is 24.6 Å². The molecule has 0 aliphatic carbocycles. The van der Waals surface area contributed by atoms with Crippen LogP contribution in [0.3, 0.4) is 0 Å². The molecule has 1 aliphatic heterocycles. The molecule has 3 nitrogen and oxygen atoms in total. The molecule has 16 heavy (non-hydrogen) atoms. The van der Waals surface area contributed by atoms with Gasteiger partial charge in [0.1, 0.15) is 5.75 Å². The van der Waals surface area contributed by atoms with E-state index in [1.54, 1.807) is 7.11 Å². The molecule has 0 spiro atoms. The number of hydrogen-bond donors (Lipinski definition) is 2. The Labute approximate surface area is 97.2 Å². The van der Waals surface area contributed by atoms with E-state index in [0.29, 0.717) is 5.41 Å². The lowest BCUT2D eigenvalue weighted by Crippen LogP contribution is -2.30. The average Bonchev–Trinajstić information content (AvgIpc) is 2.50. The van der Waals surface area contributed by atoms with Crippen LogP contribution >= 0.6 is 0 Å². The average molecular weight is 220 g/mol. The Morgan fingerprint density at radius 3 is 2.56 bits per heavy atom. The van der Waals surface area contributed by atoms with Crippen molar-refractivity contribution in [3.8, 4) is 5.75 Å². The number of benzene rings is 1. The number of hydrogen-bond acceptors (Lipinski definition) is 3. The molecule has 0 radical (unpaired) electrons. The first kappa shape index (κ1) is 11.1. The first-order chi connectivity index (χ1) is 7.67. The van der Waals surface area contributed by atoms with Gasteiger partial charge in [0.2, 0.25) is 0 Å². The van der Waals surface area contributed by atoms with Gasteiger partial charge >= 0.3 is 0 Å². The van der Waals surface area contributed by atoms with E-state index in [-0.39, 0.29) is 0 Å². The van der Waals surface area contributed by atoms with E-state index < -0.39 is 0 Å². The Kier molecular flexibility index (Phi) is 2.95. The second-order valence-corrected chi connectivity index (χ2v) is 4.78. The van der Waals surface area contributed by atoms with Gasteiger partial charge in [-0.3, -0.25) is 0 Å². The van der Waals surface area contributed by atoms with Crippen molar-refractivity contribution in [2.45, 2.75) is 20.3 Å². The lowest BCUT2D eigenvalue weighted by atomic mass is 9.88. The van der Waals surface area contributed by atoms with Gasteiger partial charge < -0.3 is 15.4 Å². The molecule has 1 aromatic carbocycles. The van der Waals surface area contributed by atoms with Crippen LogP contribution in [0, 0.1) is 5.41 Å². The van der Waals surface area contributed by atoms with Crippen molar-refractivity contribution in [2.75, 3.05) is 30.8 Å². The van der Waals surface area contributed by atoms with Crippen molar-refractivity contribution < 1.29 is 4.74 Å². The summed E-state index contributed by atoms with van der Waals surface area (Å²) < 4.78 is 5.23. The topological polar surface area (TPSA) is 33.3 Å². The zero-order chi connectivity index (χ0) is 11.6. The van der Waals surface area contributed by atoms with Gasteiger partial charge in [-0.2, -0.15) is 0 Å². The van der Waals surface area contributed by atoms with Crippen LogP contribution in [-0.4, -0.2) is 20.2 Å². The van der Waals surface area contributed by atoms with Crippen molar-refractivity contribution in [1.82, 2.24) is 0 Å². The van der Waals surface area contributed by atoms with Gasteiger partial charge in [-0.1, -0.05) is 13.8 Å². The lowest BCUT2D eigenvalue weighted by molar-refractivity contribution is 0.361. The van der Waals surface area contributed by atoms with Gasteiger partial charge in [0.15, 0.2) is 0 Å². The van der Waals surface area contributed by atoms with Gasteiger partial charge in [0.05, 0.1) is 18.5 Å². The number of fused-ring (bicyclic) bond motifs is 1. The number of anilines is 2. The first-order valence-electron chi connectivity index (χ1n) is 5.83. The van der Waals surface area contributed by atoms with Gasteiger partial charge in [-0.25, -0.2) is 0 Å². The molecule has 2 rings (SSSR count). The molecule has 0 amide bonds. The smallest absolute Gasteiger partial charge is 0.121 e. The van der Waals surface area contributed by atoms with Crippen molar-refractivity contribution in [2.24, 2.45) is 5.41 Å².